The minimum absolute atomic E-state index is 0.536. The molecule has 0 radical (unpaired) electrons. The number of methoxy groups -OCH3 is 2. The Balaban J connectivity index is 3.44. The van der Waals surface area contributed by atoms with E-state index in [2.05, 4.69) is 9.47 Å². The van der Waals surface area contributed by atoms with Crippen LogP contribution in [0.5, 0.6) is 0 Å². The van der Waals surface area contributed by atoms with Gasteiger partial charge in [0.1, 0.15) is 10.8 Å². The predicted molar refractivity (Wildman–Crippen MR) is 56.0 cm³/mol. The minimum Gasteiger partial charge on any atom is -0.499 e. The molecule has 0 aromatic heterocycles. The molecule has 1 aliphatic rings. The fourth-order valence-electron chi connectivity index (χ4n) is 1.75. The number of hydrogen-bond donors (Lipinski definition) is 1. The summed E-state index contributed by atoms with van der Waals surface area (Å²) in [7, 11) is 1.80. The van der Waals surface area contributed by atoms with Crippen LogP contribution in [0, 0.1) is 5.92 Å². The maximum absolute atomic E-state index is 13.0. The van der Waals surface area contributed by atoms with Crippen LogP contribution in [0.15, 0.2) is 10.8 Å². The lowest BCUT2D eigenvalue weighted by Crippen LogP contribution is -2.59. The molecule has 0 aliphatic heterocycles. The largest absolute Gasteiger partial charge is 0.499 e. The molecule has 1 aliphatic carbocycles. The van der Waals surface area contributed by atoms with Crippen LogP contribution in [0.3, 0.4) is 0 Å². The van der Waals surface area contributed by atoms with E-state index >= 15 is 0 Å². The summed E-state index contributed by atoms with van der Waals surface area (Å²) in [6.45, 7) is 0. The Hall–Kier alpha value is -1.28. The summed E-state index contributed by atoms with van der Waals surface area (Å²) in [5, 5.41) is 9.08. The lowest BCUT2D eigenvalue weighted by Gasteiger charge is -2.38. The van der Waals surface area contributed by atoms with E-state index in [0.717, 1.165) is 14.2 Å². The van der Waals surface area contributed by atoms with E-state index in [0.29, 0.717) is 0 Å². The maximum atomic E-state index is 13.0. The van der Waals surface area contributed by atoms with E-state index in [9.17, 15) is 27.9 Å². The van der Waals surface area contributed by atoms with Crippen molar-refractivity contribution in [1.82, 2.24) is 0 Å². The molecule has 0 saturated heterocycles. The number of aliphatic hydroxyl groups is 1. The first kappa shape index (κ1) is 15.8. The molecule has 0 heterocycles. The number of alkyl halides is 3. The van der Waals surface area contributed by atoms with Crippen molar-refractivity contribution >= 4 is 23.4 Å². The SMILES string of the molecule is COC(=O)[C@@H]1C(=O)C(Cl)=C(OC)C[C@@]1(O)C(F)(F)F. The summed E-state index contributed by atoms with van der Waals surface area (Å²) in [6, 6.07) is 0. The number of ketones is 1. The van der Waals surface area contributed by atoms with Gasteiger partial charge in [-0.1, -0.05) is 11.6 Å². The van der Waals surface area contributed by atoms with E-state index in [-0.39, 0.29) is 0 Å². The fourth-order valence-corrected chi connectivity index (χ4v) is 2.00. The van der Waals surface area contributed by atoms with Crippen LogP contribution >= 0.6 is 11.6 Å². The molecule has 0 amide bonds. The number of esters is 1. The van der Waals surface area contributed by atoms with Gasteiger partial charge in [-0.3, -0.25) is 9.59 Å². The maximum Gasteiger partial charge on any atom is 0.418 e. The van der Waals surface area contributed by atoms with Gasteiger partial charge in [-0.05, 0) is 0 Å². The summed E-state index contributed by atoms with van der Waals surface area (Å²) in [6.07, 6.45) is -6.37. The lowest BCUT2D eigenvalue weighted by atomic mass is 9.76. The third kappa shape index (κ3) is 2.42. The molecular weight excluding hydrogens is 293 g/mol. The van der Waals surface area contributed by atoms with Crippen molar-refractivity contribution in [3.63, 3.8) is 0 Å². The van der Waals surface area contributed by atoms with Crippen LogP contribution in [0.25, 0.3) is 0 Å². The van der Waals surface area contributed by atoms with Crippen LogP contribution in [0.2, 0.25) is 0 Å². The zero-order valence-electron chi connectivity index (χ0n) is 9.88. The fraction of sp³-hybridized carbons (Fsp3) is 0.600. The van der Waals surface area contributed by atoms with Gasteiger partial charge in [0.2, 0.25) is 0 Å². The van der Waals surface area contributed by atoms with Gasteiger partial charge < -0.3 is 14.6 Å². The van der Waals surface area contributed by atoms with Gasteiger partial charge in [-0.15, -0.1) is 0 Å². The Morgan fingerprint density at radius 1 is 1.47 bits per heavy atom. The number of halogens is 4. The number of carbonyl (C=O) groups excluding carboxylic acids is 2. The molecular formula is C10H10ClF3O5. The molecule has 0 bridgehead atoms. The van der Waals surface area contributed by atoms with E-state index in [4.69, 9.17) is 11.6 Å². The molecule has 0 unspecified atom stereocenters. The Labute approximate surface area is 110 Å². The first-order valence-corrected chi connectivity index (χ1v) is 5.31. The monoisotopic (exact) mass is 302 g/mol. The van der Waals surface area contributed by atoms with Crippen LogP contribution in [-0.4, -0.2) is 42.9 Å². The predicted octanol–water partition coefficient (Wildman–Crippen LogP) is 1.14. The average molecular weight is 303 g/mol. The number of Topliss-reactive ketones (excluding diaryl/α,β-unsaturated/α-hetero) is 1. The van der Waals surface area contributed by atoms with Gasteiger partial charge in [-0.25, -0.2) is 0 Å². The quantitative estimate of drug-likeness (QED) is 0.612. The van der Waals surface area contributed by atoms with Crippen molar-refractivity contribution in [3.05, 3.63) is 10.8 Å². The van der Waals surface area contributed by atoms with Crippen molar-refractivity contribution in [2.75, 3.05) is 14.2 Å². The highest BCUT2D eigenvalue weighted by Crippen LogP contribution is 2.46. The number of ether oxygens (including phenoxy) is 2. The van der Waals surface area contributed by atoms with Crippen LogP contribution in [0.4, 0.5) is 13.2 Å². The molecule has 1 N–H and O–H groups in total. The Kier molecular flexibility index (Phi) is 4.16. The summed E-state index contributed by atoms with van der Waals surface area (Å²) < 4.78 is 47.5. The summed E-state index contributed by atoms with van der Waals surface area (Å²) in [4.78, 5) is 23.1. The van der Waals surface area contributed by atoms with Gasteiger partial charge in [-0.2, -0.15) is 13.2 Å². The average Bonchev–Trinajstić information content (AvgIpc) is 2.32. The first-order chi connectivity index (χ1) is 8.60. The first-order valence-electron chi connectivity index (χ1n) is 4.94. The Morgan fingerprint density at radius 2 is 2.00 bits per heavy atom. The normalized spacial score (nSPS) is 28.4. The van der Waals surface area contributed by atoms with Crippen LogP contribution in [0.1, 0.15) is 6.42 Å². The number of rotatable bonds is 2. The van der Waals surface area contributed by atoms with E-state index in [1.165, 1.54) is 0 Å². The third-order valence-electron chi connectivity index (χ3n) is 2.81. The highest BCUT2D eigenvalue weighted by Gasteiger charge is 2.66. The Morgan fingerprint density at radius 3 is 2.37 bits per heavy atom. The second kappa shape index (κ2) is 5.01. The molecule has 0 spiro atoms. The van der Waals surface area contributed by atoms with Crippen molar-refractivity contribution in [1.29, 1.82) is 0 Å². The second-order valence-corrected chi connectivity index (χ2v) is 4.24. The molecule has 0 fully saturated rings. The van der Waals surface area contributed by atoms with E-state index in [1.54, 1.807) is 0 Å². The molecule has 0 aromatic rings. The number of carbonyl (C=O) groups is 2. The molecule has 5 nitrogen and oxygen atoms in total. The van der Waals surface area contributed by atoms with Gasteiger partial charge >= 0.3 is 12.1 Å². The minimum atomic E-state index is -5.23. The molecule has 1 rings (SSSR count). The van der Waals surface area contributed by atoms with Gasteiger partial charge in [0.25, 0.3) is 0 Å². The summed E-state index contributed by atoms with van der Waals surface area (Å²) in [5.41, 5.74) is -3.61. The smallest absolute Gasteiger partial charge is 0.418 e. The third-order valence-corrected chi connectivity index (χ3v) is 3.20. The molecule has 0 aromatic carbocycles. The molecule has 108 valence electrons. The number of hydrogen-bond acceptors (Lipinski definition) is 5. The highest BCUT2D eigenvalue weighted by molar-refractivity contribution is 6.44. The zero-order valence-corrected chi connectivity index (χ0v) is 10.6. The summed E-state index contributed by atoms with van der Waals surface area (Å²) in [5.74, 6) is -5.91. The van der Waals surface area contributed by atoms with Gasteiger partial charge in [0.05, 0.1) is 14.2 Å². The van der Waals surface area contributed by atoms with Gasteiger partial charge in [0.15, 0.2) is 17.3 Å². The van der Waals surface area contributed by atoms with Gasteiger partial charge in [0, 0.05) is 6.42 Å². The van der Waals surface area contributed by atoms with Crippen molar-refractivity contribution in [3.8, 4) is 0 Å². The van der Waals surface area contributed by atoms with E-state index < -0.39 is 46.7 Å². The summed E-state index contributed by atoms with van der Waals surface area (Å²) >= 11 is 5.53. The Bertz CT molecular complexity index is 445. The van der Waals surface area contributed by atoms with Crippen molar-refractivity contribution in [2.45, 2.75) is 18.2 Å². The lowest BCUT2D eigenvalue weighted by molar-refractivity contribution is -0.278. The second-order valence-electron chi connectivity index (χ2n) is 3.86. The van der Waals surface area contributed by atoms with Crippen molar-refractivity contribution in [2.24, 2.45) is 5.92 Å². The highest BCUT2D eigenvalue weighted by atomic mass is 35.5. The topological polar surface area (TPSA) is 72.8 Å². The molecule has 19 heavy (non-hydrogen) atoms. The standard InChI is InChI=1S/C10H10ClF3O5/c1-18-4-3-9(17,10(12,13)14)5(8(16)19-2)7(15)6(4)11/h5,17H,3H2,1-2H3/t5-,9-/m0/s1. The van der Waals surface area contributed by atoms with E-state index in [1.807, 2.05) is 0 Å². The van der Waals surface area contributed by atoms with Crippen LogP contribution < -0.4 is 0 Å². The molecule has 9 heteroatoms. The van der Waals surface area contributed by atoms with Crippen LogP contribution in [-0.2, 0) is 19.1 Å². The molecule has 2 atom stereocenters. The number of allylic oxidation sites excluding steroid dienone is 1. The van der Waals surface area contributed by atoms with Crippen molar-refractivity contribution < 1.29 is 37.3 Å². The zero-order chi connectivity index (χ0) is 15.0. The molecule has 0 saturated carbocycles.